The van der Waals surface area contributed by atoms with Crippen LogP contribution in [0.4, 0.5) is 0 Å². The van der Waals surface area contributed by atoms with Crippen molar-refractivity contribution in [2.45, 2.75) is 84.5 Å². The second-order valence-electron chi connectivity index (χ2n) is 5.60. The quantitative estimate of drug-likeness (QED) is 0.401. The van der Waals surface area contributed by atoms with E-state index < -0.39 is 8.32 Å². The fourth-order valence-electron chi connectivity index (χ4n) is 1.87. The Kier molecular flexibility index (Phi) is 8.44. The molecule has 0 saturated heterocycles. The summed E-state index contributed by atoms with van der Waals surface area (Å²) in [4.78, 5) is 0. The molecule has 1 atom stereocenters. The molecule has 0 radical (unpaired) electrons. The van der Waals surface area contributed by atoms with Crippen molar-refractivity contribution in [3.8, 4) is 0 Å². The van der Waals surface area contributed by atoms with Crippen molar-refractivity contribution in [2.24, 2.45) is 0 Å². The molecule has 0 fully saturated rings. The minimum Gasteiger partial charge on any atom is -0.415 e. The van der Waals surface area contributed by atoms with E-state index in [1.54, 1.807) is 0 Å². The van der Waals surface area contributed by atoms with Gasteiger partial charge in [-0.2, -0.15) is 0 Å². The zero-order chi connectivity index (χ0) is 11.7. The lowest BCUT2D eigenvalue weighted by atomic mass is 10.1. The minimum atomic E-state index is -1.30. The Balaban J connectivity index is 3.28. The standard InChI is InChI=1S/C13H30OSi/c1-6-7-8-9-10-11-12-13(2)14-15(3,4)5/h13H,6-12H2,1-5H3. The highest BCUT2D eigenvalue weighted by atomic mass is 28.4. The fraction of sp³-hybridized carbons (Fsp3) is 1.00. The number of hydrogen-bond donors (Lipinski definition) is 0. The molecule has 0 rings (SSSR count). The van der Waals surface area contributed by atoms with Crippen LogP contribution in [0.5, 0.6) is 0 Å². The third-order valence-corrected chi connectivity index (χ3v) is 3.63. The van der Waals surface area contributed by atoms with Gasteiger partial charge in [-0.15, -0.1) is 0 Å². The first-order valence-corrected chi connectivity index (χ1v) is 10.0. The second kappa shape index (κ2) is 8.34. The van der Waals surface area contributed by atoms with E-state index in [-0.39, 0.29) is 0 Å². The van der Waals surface area contributed by atoms with E-state index in [0.29, 0.717) is 6.10 Å². The summed E-state index contributed by atoms with van der Waals surface area (Å²) in [6, 6.07) is 0. The summed E-state index contributed by atoms with van der Waals surface area (Å²) >= 11 is 0. The second-order valence-corrected chi connectivity index (χ2v) is 10.1. The van der Waals surface area contributed by atoms with Gasteiger partial charge in [0.1, 0.15) is 0 Å². The SMILES string of the molecule is CCCCCCCCC(C)O[Si](C)(C)C. The van der Waals surface area contributed by atoms with E-state index >= 15 is 0 Å². The van der Waals surface area contributed by atoms with Crippen LogP contribution in [-0.4, -0.2) is 14.4 Å². The Morgan fingerprint density at radius 1 is 0.933 bits per heavy atom. The lowest BCUT2D eigenvalue weighted by Gasteiger charge is -2.23. The van der Waals surface area contributed by atoms with E-state index in [4.69, 9.17) is 4.43 Å². The zero-order valence-corrected chi connectivity index (χ0v) is 12.4. The van der Waals surface area contributed by atoms with Crippen molar-refractivity contribution in [1.29, 1.82) is 0 Å². The zero-order valence-electron chi connectivity index (χ0n) is 11.4. The van der Waals surface area contributed by atoms with Crippen LogP contribution in [0.25, 0.3) is 0 Å². The molecule has 92 valence electrons. The van der Waals surface area contributed by atoms with E-state index in [0.717, 1.165) is 0 Å². The average Bonchev–Trinajstić information content (AvgIpc) is 2.08. The van der Waals surface area contributed by atoms with Gasteiger partial charge in [0, 0.05) is 6.10 Å². The maximum Gasteiger partial charge on any atom is 0.184 e. The van der Waals surface area contributed by atoms with Gasteiger partial charge >= 0.3 is 0 Å². The van der Waals surface area contributed by atoms with Crippen LogP contribution < -0.4 is 0 Å². The van der Waals surface area contributed by atoms with Crippen LogP contribution in [0, 0.1) is 0 Å². The Hall–Kier alpha value is 0.177. The molecule has 0 amide bonds. The molecule has 0 aromatic carbocycles. The normalized spacial score (nSPS) is 14.2. The van der Waals surface area contributed by atoms with Gasteiger partial charge in [0.15, 0.2) is 8.32 Å². The summed E-state index contributed by atoms with van der Waals surface area (Å²) < 4.78 is 6.00. The van der Waals surface area contributed by atoms with Gasteiger partial charge in [-0.3, -0.25) is 0 Å². The summed E-state index contributed by atoms with van der Waals surface area (Å²) in [5, 5.41) is 0. The Labute approximate surface area is 97.7 Å². The molecule has 15 heavy (non-hydrogen) atoms. The third-order valence-electron chi connectivity index (χ3n) is 2.52. The molecule has 1 nitrogen and oxygen atoms in total. The molecule has 0 saturated carbocycles. The maximum atomic E-state index is 6.00. The van der Waals surface area contributed by atoms with Crippen LogP contribution in [0.15, 0.2) is 0 Å². The molecule has 0 heterocycles. The van der Waals surface area contributed by atoms with Gasteiger partial charge in [0.05, 0.1) is 0 Å². The van der Waals surface area contributed by atoms with Crippen LogP contribution in [-0.2, 0) is 4.43 Å². The molecule has 0 N–H and O–H groups in total. The van der Waals surface area contributed by atoms with Crippen molar-refractivity contribution >= 4 is 8.32 Å². The summed E-state index contributed by atoms with van der Waals surface area (Å²) in [5.74, 6) is 0. The third kappa shape index (κ3) is 12.1. The van der Waals surface area contributed by atoms with E-state index in [1.165, 1.54) is 44.9 Å². The summed E-state index contributed by atoms with van der Waals surface area (Å²) in [7, 11) is -1.30. The highest BCUT2D eigenvalue weighted by Crippen LogP contribution is 2.14. The smallest absolute Gasteiger partial charge is 0.184 e. The molecule has 0 aromatic rings. The predicted molar refractivity (Wildman–Crippen MR) is 71.9 cm³/mol. The van der Waals surface area contributed by atoms with Crippen molar-refractivity contribution in [3.63, 3.8) is 0 Å². The largest absolute Gasteiger partial charge is 0.415 e. The van der Waals surface area contributed by atoms with E-state index in [2.05, 4.69) is 33.5 Å². The first-order chi connectivity index (χ1) is 6.95. The van der Waals surface area contributed by atoms with Crippen molar-refractivity contribution in [3.05, 3.63) is 0 Å². The first kappa shape index (κ1) is 15.2. The van der Waals surface area contributed by atoms with Crippen LogP contribution in [0.1, 0.15) is 58.8 Å². The molecule has 0 aliphatic rings. The van der Waals surface area contributed by atoms with Crippen LogP contribution >= 0.6 is 0 Å². The van der Waals surface area contributed by atoms with Crippen LogP contribution in [0.2, 0.25) is 19.6 Å². The molecular weight excluding hydrogens is 200 g/mol. The summed E-state index contributed by atoms with van der Waals surface area (Å²) in [6.07, 6.45) is 10.0. The average molecular weight is 230 g/mol. The van der Waals surface area contributed by atoms with Gasteiger partial charge in [-0.25, -0.2) is 0 Å². The topological polar surface area (TPSA) is 9.23 Å². The van der Waals surface area contributed by atoms with Gasteiger partial charge < -0.3 is 4.43 Å². The number of hydrogen-bond acceptors (Lipinski definition) is 1. The molecule has 0 aliphatic carbocycles. The predicted octanol–water partition coefficient (Wildman–Crippen LogP) is 4.98. The van der Waals surface area contributed by atoms with Crippen molar-refractivity contribution in [1.82, 2.24) is 0 Å². The Morgan fingerprint density at radius 2 is 1.47 bits per heavy atom. The number of rotatable bonds is 9. The molecule has 0 bridgehead atoms. The molecule has 2 heteroatoms. The van der Waals surface area contributed by atoms with E-state index in [9.17, 15) is 0 Å². The molecule has 0 aromatic heterocycles. The van der Waals surface area contributed by atoms with Crippen LogP contribution in [0.3, 0.4) is 0 Å². The van der Waals surface area contributed by atoms with Gasteiger partial charge in [0.2, 0.25) is 0 Å². The van der Waals surface area contributed by atoms with Gasteiger partial charge in [-0.05, 0) is 33.0 Å². The molecule has 1 unspecified atom stereocenters. The maximum absolute atomic E-state index is 6.00. The fourth-order valence-corrected chi connectivity index (χ4v) is 3.20. The summed E-state index contributed by atoms with van der Waals surface area (Å²) in [6.45, 7) is 11.3. The van der Waals surface area contributed by atoms with Crippen molar-refractivity contribution < 1.29 is 4.43 Å². The first-order valence-electron chi connectivity index (χ1n) is 6.63. The molecular formula is C13H30OSi. The van der Waals surface area contributed by atoms with Gasteiger partial charge in [-0.1, -0.05) is 45.4 Å². The van der Waals surface area contributed by atoms with Gasteiger partial charge in [0.25, 0.3) is 0 Å². The highest BCUT2D eigenvalue weighted by molar-refractivity contribution is 6.69. The lowest BCUT2D eigenvalue weighted by Crippen LogP contribution is -2.30. The van der Waals surface area contributed by atoms with E-state index in [1.807, 2.05) is 0 Å². The summed E-state index contributed by atoms with van der Waals surface area (Å²) in [5.41, 5.74) is 0. The molecule has 0 spiro atoms. The lowest BCUT2D eigenvalue weighted by molar-refractivity contribution is 0.199. The minimum absolute atomic E-state index is 0.475. The number of unbranched alkanes of at least 4 members (excludes halogenated alkanes) is 5. The Morgan fingerprint density at radius 3 is 2.00 bits per heavy atom. The Bertz CT molecular complexity index is 140. The highest BCUT2D eigenvalue weighted by Gasteiger charge is 2.17. The van der Waals surface area contributed by atoms with Crippen molar-refractivity contribution in [2.75, 3.05) is 0 Å². The molecule has 0 aliphatic heterocycles. The monoisotopic (exact) mass is 230 g/mol.